The van der Waals surface area contributed by atoms with E-state index in [1.54, 1.807) is 24.3 Å². The van der Waals surface area contributed by atoms with E-state index in [1.807, 2.05) is 37.3 Å². The van der Waals surface area contributed by atoms with Gasteiger partial charge in [0.05, 0.1) is 6.07 Å². The number of nitriles is 1. The molecule has 124 valence electrons. The SMILES string of the molecule is CC(C#N)CCCC(Oc1ccccc1)C(=O)c1ccc(Cl)cc1. The molecule has 0 amide bonds. The number of para-hydroxylation sites is 1. The molecular weight excluding hydrogens is 322 g/mol. The zero-order valence-electron chi connectivity index (χ0n) is 13.6. The van der Waals surface area contributed by atoms with Gasteiger partial charge >= 0.3 is 0 Å². The third kappa shape index (κ3) is 5.40. The van der Waals surface area contributed by atoms with Gasteiger partial charge < -0.3 is 4.74 Å². The Morgan fingerprint density at radius 1 is 1.12 bits per heavy atom. The summed E-state index contributed by atoms with van der Waals surface area (Å²) >= 11 is 5.89. The Labute approximate surface area is 147 Å². The molecule has 0 aliphatic heterocycles. The van der Waals surface area contributed by atoms with Gasteiger partial charge in [0.15, 0.2) is 6.10 Å². The van der Waals surface area contributed by atoms with E-state index in [4.69, 9.17) is 21.6 Å². The van der Waals surface area contributed by atoms with Crippen molar-refractivity contribution in [3.8, 4) is 11.8 Å². The van der Waals surface area contributed by atoms with Crippen molar-refractivity contribution >= 4 is 17.4 Å². The van der Waals surface area contributed by atoms with E-state index in [-0.39, 0.29) is 11.7 Å². The van der Waals surface area contributed by atoms with Gasteiger partial charge in [0.25, 0.3) is 0 Å². The summed E-state index contributed by atoms with van der Waals surface area (Å²) in [5.41, 5.74) is 0.577. The molecule has 0 heterocycles. The van der Waals surface area contributed by atoms with Gasteiger partial charge in [0.2, 0.25) is 5.78 Å². The van der Waals surface area contributed by atoms with E-state index in [0.717, 1.165) is 12.8 Å². The lowest BCUT2D eigenvalue weighted by atomic mass is 9.98. The van der Waals surface area contributed by atoms with Gasteiger partial charge in [-0.2, -0.15) is 5.26 Å². The lowest BCUT2D eigenvalue weighted by molar-refractivity contribution is 0.0773. The van der Waals surface area contributed by atoms with Gasteiger partial charge in [-0.05, 0) is 62.6 Å². The number of ketones is 1. The molecule has 0 saturated heterocycles. The average Bonchev–Trinajstić information content (AvgIpc) is 2.61. The van der Waals surface area contributed by atoms with Crippen molar-refractivity contribution in [2.75, 3.05) is 0 Å². The molecule has 0 aliphatic carbocycles. The van der Waals surface area contributed by atoms with Gasteiger partial charge in [-0.25, -0.2) is 0 Å². The van der Waals surface area contributed by atoms with Crippen LogP contribution in [0.3, 0.4) is 0 Å². The second-order valence-corrected chi connectivity index (χ2v) is 6.19. The van der Waals surface area contributed by atoms with Crippen molar-refractivity contribution < 1.29 is 9.53 Å². The maximum absolute atomic E-state index is 12.8. The van der Waals surface area contributed by atoms with E-state index in [0.29, 0.717) is 22.8 Å². The summed E-state index contributed by atoms with van der Waals surface area (Å²) in [5, 5.41) is 9.48. The second kappa shape index (κ2) is 9.10. The van der Waals surface area contributed by atoms with Gasteiger partial charge in [-0.15, -0.1) is 0 Å². The van der Waals surface area contributed by atoms with Crippen LogP contribution in [0.15, 0.2) is 54.6 Å². The van der Waals surface area contributed by atoms with Gasteiger partial charge in [-0.3, -0.25) is 4.79 Å². The molecule has 3 nitrogen and oxygen atoms in total. The number of rotatable bonds is 8. The summed E-state index contributed by atoms with van der Waals surface area (Å²) in [7, 11) is 0. The number of ether oxygens (including phenoxy) is 1. The fourth-order valence-corrected chi connectivity index (χ4v) is 2.51. The van der Waals surface area contributed by atoms with Crippen LogP contribution in [0, 0.1) is 17.2 Å². The van der Waals surface area contributed by atoms with Crippen LogP contribution in [0.5, 0.6) is 5.75 Å². The Hall–Kier alpha value is -2.31. The first kappa shape index (κ1) is 18.0. The first-order valence-corrected chi connectivity index (χ1v) is 8.39. The van der Waals surface area contributed by atoms with Crippen molar-refractivity contribution in [1.29, 1.82) is 5.26 Å². The molecule has 0 bridgehead atoms. The monoisotopic (exact) mass is 341 g/mol. The molecule has 0 aliphatic rings. The molecule has 0 spiro atoms. The van der Waals surface area contributed by atoms with Gasteiger partial charge in [0, 0.05) is 16.5 Å². The summed E-state index contributed by atoms with van der Waals surface area (Å²) in [6.07, 6.45) is 1.51. The number of hydrogen-bond donors (Lipinski definition) is 0. The molecule has 0 saturated carbocycles. The molecule has 2 aromatic carbocycles. The standard InChI is InChI=1S/C20H20ClNO2/c1-15(14-22)6-5-9-19(24-18-7-3-2-4-8-18)20(23)16-10-12-17(21)13-11-16/h2-4,7-8,10-13,15,19H,5-6,9H2,1H3. The van der Waals surface area contributed by atoms with Crippen molar-refractivity contribution in [3.63, 3.8) is 0 Å². The van der Waals surface area contributed by atoms with Crippen LogP contribution in [0.2, 0.25) is 5.02 Å². The fraction of sp³-hybridized carbons (Fsp3) is 0.300. The van der Waals surface area contributed by atoms with E-state index in [9.17, 15) is 4.79 Å². The smallest absolute Gasteiger partial charge is 0.203 e. The first-order chi connectivity index (χ1) is 11.6. The highest BCUT2D eigenvalue weighted by atomic mass is 35.5. The predicted octanol–water partition coefficient (Wildman–Crippen LogP) is 5.30. The Bertz CT molecular complexity index is 692. The van der Waals surface area contributed by atoms with Crippen molar-refractivity contribution in [2.24, 2.45) is 5.92 Å². The predicted molar refractivity (Wildman–Crippen MR) is 95.3 cm³/mol. The number of Topliss-reactive ketones (excluding diaryl/α,β-unsaturated/α-hetero) is 1. The van der Waals surface area contributed by atoms with Crippen LogP contribution in [0.25, 0.3) is 0 Å². The highest BCUT2D eigenvalue weighted by Crippen LogP contribution is 2.20. The van der Waals surface area contributed by atoms with E-state index in [1.165, 1.54) is 0 Å². The highest BCUT2D eigenvalue weighted by molar-refractivity contribution is 6.30. The maximum Gasteiger partial charge on any atom is 0.203 e. The summed E-state index contributed by atoms with van der Waals surface area (Å²) in [6, 6.07) is 18.4. The van der Waals surface area contributed by atoms with E-state index >= 15 is 0 Å². The summed E-state index contributed by atoms with van der Waals surface area (Å²) < 4.78 is 5.91. The van der Waals surface area contributed by atoms with Crippen molar-refractivity contribution in [1.82, 2.24) is 0 Å². The minimum absolute atomic E-state index is 0.0204. The molecular formula is C20H20ClNO2. The van der Waals surface area contributed by atoms with Crippen molar-refractivity contribution in [2.45, 2.75) is 32.3 Å². The molecule has 2 atom stereocenters. The molecule has 0 fully saturated rings. The number of nitrogens with zero attached hydrogens (tertiary/aromatic N) is 1. The maximum atomic E-state index is 12.8. The van der Waals surface area contributed by atoms with Gasteiger partial charge in [0.1, 0.15) is 5.75 Å². The largest absolute Gasteiger partial charge is 0.482 e. The Morgan fingerprint density at radius 2 is 1.79 bits per heavy atom. The minimum atomic E-state index is -0.570. The molecule has 0 radical (unpaired) electrons. The number of hydrogen-bond acceptors (Lipinski definition) is 3. The van der Waals surface area contributed by atoms with E-state index in [2.05, 4.69) is 6.07 Å². The summed E-state index contributed by atoms with van der Waals surface area (Å²) in [6.45, 7) is 1.88. The zero-order chi connectivity index (χ0) is 17.4. The second-order valence-electron chi connectivity index (χ2n) is 5.75. The number of benzene rings is 2. The molecule has 24 heavy (non-hydrogen) atoms. The molecule has 2 unspecified atom stereocenters. The fourth-order valence-electron chi connectivity index (χ4n) is 2.38. The quantitative estimate of drug-likeness (QED) is 0.612. The lowest BCUT2D eigenvalue weighted by Gasteiger charge is -2.18. The van der Waals surface area contributed by atoms with Crippen LogP contribution in [0.4, 0.5) is 0 Å². The molecule has 2 rings (SSSR count). The first-order valence-electron chi connectivity index (χ1n) is 8.01. The van der Waals surface area contributed by atoms with Crippen LogP contribution >= 0.6 is 11.6 Å². The molecule has 4 heteroatoms. The third-order valence-electron chi connectivity index (χ3n) is 3.77. The Balaban J connectivity index is 2.10. The van der Waals surface area contributed by atoms with Crippen LogP contribution < -0.4 is 4.74 Å². The zero-order valence-corrected chi connectivity index (χ0v) is 14.4. The van der Waals surface area contributed by atoms with Crippen LogP contribution in [-0.2, 0) is 0 Å². The highest BCUT2D eigenvalue weighted by Gasteiger charge is 2.22. The molecule has 0 aromatic heterocycles. The Morgan fingerprint density at radius 3 is 2.42 bits per heavy atom. The molecule has 2 aromatic rings. The van der Waals surface area contributed by atoms with Crippen LogP contribution in [-0.4, -0.2) is 11.9 Å². The minimum Gasteiger partial charge on any atom is -0.482 e. The Kier molecular flexibility index (Phi) is 6.84. The topological polar surface area (TPSA) is 50.1 Å². The average molecular weight is 342 g/mol. The lowest BCUT2D eigenvalue weighted by Crippen LogP contribution is -2.27. The van der Waals surface area contributed by atoms with E-state index < -0.39 is 6.10 Å². The number of carbonyl (C=O) groups excluding carboxylic acids is 1. The van der Waals surface area contributed by atoms with Crippen molar-refractivity contribution in [3.05, 3.63) is 65.2 Å². The number of carbonyl (C=O) groups is 1. The van der Waals surface area contributed by atoms with Gasteiger partial charge in [-0.1, -0.05) is 29.8 Å². The molecule has 0 N–H and O–H groups in total. The summed E-state index contributed by atoms with van der Waals surface area (Å²) in [5.74, 6) is 0.575. The number of halogens is 1. The summed E-state index contributed by atoms with van der Waals surface area (Å²) in [4.78, 5) is 12.8. The normalized spacial score (nSPS) is 12.9. The van der Waals surface area contributed by atoms with Crippen LogP contribution in [0.1, 0.15) is 36.5 Å². The third-order valence-corrected chi connectivity index (χ3v) is 4.02.